The lowest BCUT2D eigenvalue weighted by Crippen LogP contribution is -2.36. The van der Waals surface area contributed by atoms with Crippen LogP contribution in [0.1, 0.15) is 48.4 Å². The fourth-order valence-corrected chi connectivity index (χ4v) is 4.78. The fourth-order valence-electron chi connectivity index (χ4n) is 3.18. The number of carbonyl (C=O) groups is 1. The Balaban J connectivity index is 1.99. The Kier molecular flexibility index (Phi) is 5.85. The second kappa shape index (κ2) is 8.03. The van der Waals surface area contributed by atoms with Gasteiger partial charge in [-0.25, -0.2) is 22.5 Å². The van der Waals surface area contributed by atoms with Crippen LogP contribution in [0.25, 0.3) is 6.08 Å². The Bertz CT molecular complexity index is 1060. The van der Waals surface area contributed by atoms with Crippen molar-refractivity contribution in [2.24, 2.45) is 13.0 Å². The normalized spacial score (nSPS) is 22.2. The van der Waals surface area contributed by atoms with Crippen molar-refractivity contribution in [1.82, 2.24) is 14.3 Å². The van der Waals surface area contributed by atoms with E-state index in [9.17, 15) is 17.8 Å². The van der Waals surface area contributed by atoms with Gasteiger partial charge < -0.3 is 9.88 Å². The van der Waals surface area contributed by atoms with Crippen molar-refractivity contribution in [1.29, 1.82) is 4.78 Å². The summed E-state index contributed by atoms with van der Waals surface area (Å²) in [7, 11) is -1.72. The highest BCUT2D eigenvalue weighted by molar-refractivity contribution is 7.90. The molecule has 0 aliphatic carbocycles. The van der Waals surface area contributed by atoms with Gasteiger partial charge in [-0.15, -0.1) is 0 Å². The average molecular weight is 423 g/mol. The molecule has 2 aromatic rings. The minimum atomic E-state index is -3.33. The van der Waals surface area contributed by atoms with E-state index < -0.39 is 27.9 Å². The molecular weight excluding hydrogens is 400 g/mol. The molecule has 2 aromatic heterocycles. The highest BCUT2D eigenvalue weighted by Gasteiger charge is 2.29. The number of carbonyl (C=O) groups excluding carboxylic acids is 1. The van der Waals surface area contributed by atoms with E-state index in [0.29, 0.717) is 5.56 Å². The monoisotopic (exact) mass is 423 g/mol. The summed E-state index contributed by atoms with van der Waals surface area (Å²) in [6, 6.07) is 2.25. The molecule has 3 atom stereocenters. The molecule has 29 heavy (non-hydrogen) atoms. The van der Waals surface area contributed by atoms with Crippen LogP contribution in [0.15, 0.2) is 35.5 Å². The van der Waals surface area contributed by atoms with E-state index in [1.54, 1.807) is 13.1 Å². The molecule has 0 radical (unpaired) electrons. The van der Waals surface area contributed by atoms with Crippen molar-refractivity contribution in [3.63, 3.8) is 0 Å². The third-order valence-corrected chi connectivity index (χ3v) is 6.55. The van der Waals surface area contributed by atoms with Crippen LogP contribution >= 0.6 is 0 Å². The largest absolute Gasteiger partial charge is 0.345 e. The van der Waals surface area contributed by atoms with Crippen molar-refractivity contribution in [3.05, 3.63) is 47.6 Å². The van der Waals surface area contributed by atoms with E-state index in [0.717, 1.165) is 12.5 Å². The fraction of sp³-hybridized carbons (Fsp3) is 0.368. The summed E-state index contributed by atoms with van der Waals surface area (Å²) in [5.41, 5.74) is 0.308. The van der Waals surface area contributed by atoms with Gasteiger partial charge >= 0.3 is 0 Å². The van der Waals surface area contributed by atoms with Crippen LogP contribution in [0, 0.1) is 10.7 Å². The van der Waals surface area contributed by atoms with Crippen LogP contribution in [0.5, 0.6) is 0 Å². The minimum absolute atomic E-state index is 0.150. The van der Waals surface area contributed by atoms with Crippen LogP contribution in [-0.2, 0) is 17.0 Å². The van der Waals surface area contributed by atoms with Gasteiger partial charge in [0.05, 0.1) is 4.90 Å². The molecule has 1 amide bonds. The summed E-state index contributed by atoms with van der Waals surface area (Å²) in [4.78, 5) is 16.7. The Labute approximate surface area is 168 Å². The second-order valence-electron chi connectivity index (χ2n) is 7.04. The van der Waals surface area contributed by atoms with E-state index in [1.807, 2.05) is 19.9 Å². The minimum Gasteiger partial charge on any atom is -0.345 e. The van der Waals surface area contributed by atoms with Crippen LogP contribution in [0.4, 0.5) is 14.5 Å². The number of fused-ring (bicyclic) bond motifs is 1. The number of halogens is 2. The first-order valence-electron chi connectivity index (χ1n) is 9.13. The van der Waals surface area contributed by atoms with Gasteiger partial charge in [0.1, 0.15) is 21.3 Å². The number of nitrogens with one attached hydrogen (secondary N) is 3. The number of hydrogen-bond donors (Lipinski definition) is 3. The number of amides is 1. The van der Waals surface area contributed by atoms with E-state index in [1.165, 1.54) is 23.0 Å². The first-order valence-corrected chi connectivity index (χ1v) is 10.7. The van der Waals surface area contributed by atoms with Crippen LogP contribution in [-0.4, -0.2) is 25.7 Å². The van der Waals surface area contributed by atoms with Crippen molar-refractivity contribution >= 4 is 27.6 Å². The van der Waals surface area contributed by atoms with Gasteiger partial charge in [0.25, 0.3) is 12.3 Å². The number of aryl methyl sites for hydroxylation is 1. The quantitative estimate of drug-likeness (QED) is 0.679. The van der Waals surface area contributed by atoms with Crippen LogP contribution in [0.2, 0.25) is 0 Å². The number of anilines is 1. The van der Waals surface area contributed by atoms with E-state index in [-0.39, 0.29) is 28.2 Å². The molecule has 3 rings (SSSR count). The van der Waals surface area contributed by atoms with E-state index >= 15 is 0 Å². The van der Waals surface area contributed by atoms with Gasteiger partial charge in [-0.05, 0) is 18.1 Å². The van der Waals surface area contributed by atoms with Gasteiger partial charge in [-0.1, -0.05) is 32.4 Å². The highest BCUT2D eigenvalue weighted by atomic mass is 32.2. The molecule has 2 unspecified atom stereocenters. The SMILES string of the molecule is CC[C@H](C)C1C=Cc2c(cn(C)c2C(=O)Nc2ccnc(C(F)F)c2)S(=N)(=O)N1. The molecule has 3 heterocycles. The van der Waals surface area contributed by atoms with Crippen molar-refractivity contribution in [3.8, 4) is 0 Å². The topological polar surface area (TPSA) is 99.9 Å². The molecule has 0 fully saturated rings. The summed E-state index contributed by atoms with van der Waals surface area (Å²) < 4.78 is 51.4. The van der Waals surface area contributed by atoms with Gasteiger partial charge in [0.2, 0.25) is 0 Å². The Morgan fingerprint density at radius 1 is 1.48 bits per heavy atom. The van der Waals surface area contributed by atoms with Gasteiger partial charge in [-0.3, -0.25) is 9.78 Å². The van der Waals surface area contributed by atoms with Gasteiger partial charge in [-0.2, -0.15) is 0 Å². The number of hydrogen-bond acceptors (Lipinski definition) is 4. The molecule has 1 aliphatic rings. The van der Waals surface area contributed by atoms with E-state index in [2.05, 4.69) is 15.0 Å². The molecule has 0 bridgehead atoms. The van der Waals surface area contributed by atoms with Crippen LogP contribution < -0.4 is 10.0 Å². The molecule has 10 heteroatoms. The molecule has 0 saturated heterocycles. The van der Waals surface area contributed by atoms with Gasteiger partial charge in [0.15, 0.2) is 0 Å². The number of nitrogens with zero attached hydrogens (tertiary/aromatic N) is 2. The second-order valence-corrected chi connectivity index (χ2v) is 8.82. The smallest absolute Gasteiger partial charge is 0.280 e. The molecule has 0 aromatic carbocycles. The molecule has 0 saturated carbocycles. The first kappa shape index (κ1) is 21.1. The number of rotatable bonds is 5. The molecule has 156 valence electrons. The van der Waals surface area contributed by atoms with Crippen LogP contribution in [0.3, 0.4) is 0 Å². The first-order chi connectivity index (χ1) is 13.6. The molecule has 0 spiro atoms. The van der Waals surface area contributed by atoms with Crippen molar-refractivity contribution in [2.45, 2.75) is 37.6 Å². The molecule has 3 N–H and O–H groups in total. The predicted molar refractivity (Wildman–Crippen MR) is 107 cm³/mol. The maximum Gasteiger partial charge on any atom is 0.280 e. The zero-order valence-corrected chi connectivity index (χ0v) is 17.1. The Morgan fingerprint density at radius 2 is 2.21 bits per heavy atom. The lowest BCUT2D eigenvalue weighted by molar-refractivity contribution is 0.101. The third-order valence-electron chi connectivity index (χ3n) is 5.00. The number of aromatic nitrogens is 2. The maximum absolute atomic E-state index is 13.0. The Morgan fingerprint density at radius 3 is 2.86 bits per heavy atom. The van der Waals surface area contributed by atoms with Gasteiger partial charge in [0, 0.05) is 36.7 Å². The highest BCUT2D eigenvalue weighted by Crippen LogP contribution is 2.29. The van der Waals surface area contributed by atoms with Crippen molar-refractivity contribution < 1.29 is 17.8 Å². The Hall–Kier alpha value is -2.59. The lowest BCUT2D eigenvalue weighted by atomic mass is 9.99. The molecular formula is C19H23F2N5O2S. The molecule has 1 aliphatic heterocycles. The number of alkyl halides is 2. The summed E-state index contributed by atoms with van der Waals surface area (Å²) in [6.45, 7) is 4.00. The lowest BCUT2D eigenvalue weighted by Gasteiger charge is -2.20. The third kappa shape index (κ3) is 4.23. The maximum atomic E-state index is 13.0. The predicted octanol–water partition coefficient (Wildman–Crippen LogP) is 3.96. The average Bonchev–Trinajstić information content (AvgIpc) is 2.95. The zero-order valence-electron chi connectivity index (χ0n) is 16.3. The standard InChI is InChI=1S/C19H23F2N5O2S/c1-4-11(2)14-6-5-13-16(29(22,28)25-14)10-26(3)17(13)19(27)24-12-7-8-23-15(9-12)18(20)21/h5-11,14,18H,4H2,1-3H3,(H2,22,25,28)(H,23,24,27)/t11-,14?,29?/m0/s1. The van der Waals surface area contributed by atoms with E-state index in [4.69, 9.17) is 4.78 Å². The number of pyridine rings is 1. The summed E-state index contributed by atoms with van der Waals surface area (Å²) in [5.74, 6) is -0.404. The van der Waals surface area contributed by atoms with Crippen molar-refractivity contribution in [2.75, 3.05) is 5.32 Å². The summed E-state index contributed by atoms with van der Waals surface area (Å²) in [5, 5.41) is 2.58. The zero-order chi connectivity index (χ0) is 21.3. The summed E-state index contributed by atoms with van der Waals surface area (Å²) in [6.07, 6.45) is 4.28. The molecule has 7 nitrogen and oxygen atoms in total. The summed E-state index contributed by atoms with van der Waals surface area (Å²) >= 11 is 0.